The number of benzene rings is 2. The SMILES string of the molecule is COc1cc(OC)c(F)c(-c2ccc3c(C)[nH]nc3c2)c1. The van der Waals surface area contributed by atoms with Crippen LogP contribution < -0.4 is 9.47 Å². The van der Waals surface area contributed by atoms with Gasteiger partial charge in [0.2, 0.25) is 0 Å². The van der Waals surface area contributed by atoms with Crippen LogP contribution in [0, 0.1) is 12.7 Å². The number of nitrogens with zero attached hydrogens (tertiary/aromatic N) is 1. The van der Waals surface area contributed by atoms with Gasteiger partial charge in [-0.05, 0) is 24.6 Å². The van der Waals surface area contributed by atoms with Crippen molar-refractivity contribution in [3.8, 4) is 22.6 Å². The van der Waals surface area contributed by atoms with Crippen molar-refractivity contribution in [2.24, 2.45) is 0 Å². The average Bonchev–Trinajstić information content (AvgIpc) is 2.88. The summed E-state index contributed by atoms with van der Waals surface area (Å²) >= 11 is 0. The molecule has 0 atom stereocenters. The van der Waals surface area contributed by atoms with Crippen LogP contribution in [0.4, 0.5) is 4.39 Å². The fourth-order valence-corrected chi connectivity index (χ4v) is 2.36. The second-order valence-electron chi connectivity index (χ2n) is 4.77. The topological polar surface area (TPSA) is 47.1 Å². The van der Waals surface area contributed by atoms with E-state index < -0.39 is 5.82 Å². The fraction of sp³-hybridized carbons (Fsp3) is 0.188. The van der Waals surface area contributed by atoms with E-state index in [-0.39, 0.29) is 5.75 Å². The van der Waals surface area contributed by atoms with Crippen LogP contribution in [0.2, 0.25) is 0 Å². The molecule has 0 aliphatic carbocycles. The van der Waals surface area contributed by atoms with E-state index in [1.807, 2.05) is 25.1 Å². The molecule has 21 heavy (non-hydrogen) atoms. The number of rotatable bonds is 3. The highest BCUT2D eigenvalue weighted by molar-refractivity contribution is 5.86. The molecule has 3 rings (SSSR count). The van der Waals surface area contributed by atoms with Crippen molar-refractivity contribution in [3.63, 3.8) is 0 Å². The summed E-state index contributed by atoms with van der Waals surface area (Å²) in [5, 5.41) is 8.15. The first-order chi connectivity index (χ1) is 10.1. The van der Waals surface area contributed by atoms with Crippen LogP contribution in [0.25, 0.3) is 22.0 Å². The molecule has 0 saturated heterocycles. The van der Waals surface area contributed by atoms with Crippen molar-refractivity contribution >= 4 is 10.9 Å². The van der Waals surface area contributed by atoms with E-state index in [1.54, 1.807) is 6.07 Å². The normalized spacial score (nSPS) is 10.9. The molecule has 0 fully saturated rings. The number of fused-ring (bicyclic) bond motifs is 1. The molecule has 0 unspecified atom stereocenters. The molecule has 0 amide bonds. The summed E-state index contributed by atoms with van der Waals surface area (Å²) in [6.07, 6.45) is 0. The lowest BCUT2D eigenvalue weighted by Gasteiger charge is -2.11. The molecule has 0 radical (unpaired) electrons. The van der Waals surface area contributed by atoms with Crippen molar-refractivity contribution < 1.29 is 13.9 Å². The van der Waals surface area contributed by atoms with Gasteiger partial charge in [-0.3, -0.25) is 5.10 Å². The van der Waals surface area contributed by atoms with Gasteiger partial charge in [0, 0.05) is 22.7 Å². The van der Waals surface area contributed by atoms with E-state index in [2.05, 4.69) is 10.2 Å². The third-order valence-corrected chi connectivity index (χ3v) is 3.53. The quantitative estimate of drug-likeness (QED) is 0.798. The van der Waals surface area contributed by atoms with E-state index in [4.69, 9.17) is 9.47 Å². The zero-order valence-electron chi connectivity index (χ0n) is 12.0. The molecule has 0 aliphatic rings. The Balaban J connectivity index is 2.21. The van der Waals surface area contributed by atoms with Crippen LogP contribution in [-0.4, -0.2) is 24.4 Å². The Bertz CT molecular complexity index is 811. The number of hydrogen-bond donors (Lipinski definition) is 1. The lowest BCUT2D eigenvalue weighted by atomic mass is 10.0. The van der Waals surface area contributed by atoms with Gasteiger partial charge in [-0.1, -0.05) is 12.1 Å². The van der Waals surface area contributed by atoms with Crippen LogP contribution in [0.15, 0.2) is 30.3 Å². The summed E-state index contributed by atoms with van der Waals surface area (Å²) < 4.78 is 24.7. The summed E-state index contributed by atoms with van der Waals surface area (Å²) in [4.78, 5) is 0. The summed E-state index contributed by atoms with van der Waals surface area (Å²) in [5.74, 6) is 0.286. The van der Waals surface area contributed by atoms with Crippen molar-refractivity contribution in [2.75, 3.05) is 14.2 Å². The minimum Gasteiger partial charge on any atom is -0.497 e. The highest BCUT2D eigenvalue weighted by Gasteiger charge is 2.14. The molecule has 5 heteroatoms. The Kier molecular flexibility index (Phi) is 3.25. The largest absolute Gasteiger partial charge is 0.497 e. The van der Waals surface area contributed by atoms with Crippen molar-refractivity contribution in [2.45, 2.75) is 6.92 Å². The monoisotopic (exact) mass is 286 g/mol. The zero-order valence-corrected chi connectivity index (χ0v) is 12.0. The van der Waals surface area contributed by atoms with E-state index in [0.717, 1.165) is 22.2 Å². The maximum atomic E-state index is 14.5. The highest BCUT2D eigenvalue weighted by Crippen LogP contribution is 2.35. The number of aromatic amines is 1. The molecule has 0 bridgehead atoms. The fourth-order valence-electron chi connectivity index (χ4n) is 2.36. The Morgan fingerprint density at radius 3 is 2.62 bits per heavy atom. The van der Waals surface area contributed by atoms with Crippen molar-refractivity contribution in [1.29, 1.82) is 0 Å². The van der Waals surface area contributed by atoms with Gasteiger partial charge < -0.3 is 9.47 Å². The minimum atomic E-state index is -0.412. The molecule has 3 aromatic rings. The molecule has 0 spiro atoms. The van der Waals surface area contributed by atoms with Gasteiger partial charge in [-0.2, -0.15) is 5.10 Å². The van der Waals surface area contributed by atoms with Crippen LogP contribution >= 0.6 is 0 Å². The summed E-state index contributed by atoms with van der Waals surface area (Å²) in [6, 6.07) is 8.81. The number of methoxy groups -OCH3 is 2. The third kappa shape index (κ3) is 2.20. The second kappa shape index (κ2) is 5.09. The summed E-state index contributed by atoms with van der Waals surface area (Å²) in [7, 11) is 2.97. The maximum Gasteiger partial charge on any atom is 0.173 e. The van der Waals surface area contributed by atoms with Gasteiger partial charge in [0.25, 0.3) is 0 Å². The third-order valence-electron chi connectivity index (χ3n) is 3.53. The number of aryl methyl sites for hydroxylation is 1. The Morgan fingerprint density at radius 2 is 1.90 bits per heavy atom. The average molecular weight is 286 g/mol. The summed E-state index contributed by atoms with van der Waals surface area (Å²) in [6.45, 7) is 1.95. The summed E-state index contributed by atoms with van der Waals surface area (Å²) in [5.41, 5.74) is 2.93. The number of halogens is 1. The number of nitrogens with one attached hydrogen (secondary N) is 1. The molecular formula is C16H15FN2O2. The highest BCUT2D eigenvalue weighted by atomic mass is 19.1. The Labute approximate surface area is 121 Å². The maximum absolute atomic E-state index is 14.5. The first-order valence-corrected chi connectivity index (χ1v) is 6.50. The van der Waals surface area contributed by atoms with Crippen LogP contribution in [-0.2, 0) is 0 Å². The van der Waals surface area contributed by atoms with Crippen LogP contribution in [0.1, 0.15) is 5.69 Å². The zero-order chi connectivity index (χ0) is 15.0. The van der Waals surface area contributed by atoms with Gasteiger partial charge in [-0.15, -0.1) is 0 Å². The Morgan fingerprint density at radius 1 is 1.10 bits per heavy atom. The van der Waals surface area contributed by atoms with Gasteiger partial charge in [0.1, 0.15) is 5.75 Å². The predicted molar refractivity (Wildman–Crippen MR) is 79.3 cm³/mol. The molecule has 2 aromatic carbocycles. The first-order valence-electron chi connectivity index (χ1n) is 6.50. The van der Waals surface area contributed by atoms with E-state index >= 15 is 0 Å². The molecule has 1 aromatic heterocycles. The minimum absolute atomic E-state index is 0.155. The Hall–Kier alpha value is -2.56. The van der Waals surface area contributed by atoms with Crippen LogP contribution in [0.5, 0.6) is 11.5 Å². The van der Waals surface area contributed by atoms with E-state index in [0.29, 0.717) is 11.3 Å². The van der Waals surface area contributed by atoms with Crippen molar-refractivity contribution in [1.82, 2.24) is 10.2 Å². The number of H-pyrrole nitrogens is 1. The van der Waals surface area contributed by atoms with Gasteiger partial charge in [0.15, 0.2) is 11.6 Å². The molecule has 1 heterocycles. The number of aromatic nitrogens is 2. The smallest absolute Gasteiger partial charge is 0.173 e. The second-order valence-corrected chi connectivity index (χ2v) is 4.77. The number of ether oxygens (including phenoxy) is 2. The van der Waals surface area contributed by atoms with E-state index in [1.165, 1.54) is 20.3 Å². The van der Waals surface area contributed by atoms with Gasteiger partial charge >= 0.3 is 0 Å². The van der Waals surface area contributed by atoms with Gasteiger partial charge in [-0.25, -0.2) is 4.39 Å². The predicted octanol–water partition coefficient (Wildman–Crippen LogP) is 3.69. The van der Waals surface area contributed by atoms with Crippen molar-refractivity contribution in [3.05, 3.63) is 41.8 Å². The molecule has 108 valence electrons. The molecule has 0 aliphatic heterocycles. The van der Waals surface area contributed by atoms with Crippen LogP contribution in [0.3, 0.4) is 0 Å². The lowest BCUT2D eigenvalue weighted by Crippen LogP contribution is -1.94. The first kappa shape index (κ1) is 13.4. The van der Waals surface area contributed by atoms with Gasteiger partial charge in [0.05, 0.1) is 19.7 Å². The van der Waals surface area contributed by atoms with E-state index in [9.17, 15) is 4.39 Å². The molecule has 1 N–H and O–H groups in total. The molecule has 4 nitrogen and oxygen atoms in total. The standard InChI is InChI=1S/C16H15FN2O2/c1-9-12-5-4-10(6-14(12)19-18-9)13-7-11(20-2)8-15(21-3)16(13)17/h4-8H,1-3H3,(H,18,19). The molecular weight excluding hydrogens is 271 g/mol. The number of hydrogen-bond acceptors (Lipinski definition) is 3. The molecule has 0 saturated carbocycles. The lowest BCUT2D eigenvalue weighted by molar-refractivity contribution is 0.375.